The molecular weight excluding hydrogens is 366 g/mol. The van der Waals surface area contributed by atoms with E-state index in [1.165, 1.54) is 38.4 Å². The Morgan fingerprint density at radius 1 is 1.04 bits per heavy atom. The van der Waals surface area contributed by atoms with Crippen molar-refractivity contribution in [3.63, 3.8) is 0 Å². The average molecular weight is 389 g/mol. The van der Waals surface area contributed by atoms with Crippen LogP contribution in [-0.4, -0.2) is 45.2 Å². The van der Waals surface area contributed by atoms with Gasteiger partial charge in [0.15, 0.2) is 0 Å². The number of sulfonamides is 1. The van der Waals surface area contributed by atoms with Gasteiger partial charge in [-0.05, 0) is 30.7 Å². The van der Waals surface area contributed by atoms with Crippen molar-refractivity contribution in [3.05, 3.63) is 65.7 Å². The van der Waals surface area contributed by atoms with Crippen LogP contribution in [0.15, 0.2) is 59.5 Å². The van der Waals surface area contributed by atoms with E-state index in [1.807, 2.05) is 37.3 Å². The number of amides is 2. The monoisotopic (exact) mass is 389 g/mol. The highest BCUT2D eigenvalue weighted by Crippen LogP contribution is 2.15. The molecule has 144 valence electrons. The number of hydrogen-bond acceptors (Lipinski definition) is 4. The molecule has 2 N–H and O–H groups in total. The second-order valence-electron chi connectivity index (χ2n) is 6.20. The molecule has 7 nitrogen and oxygen atoms in total. The highest BCUT2D eigenvalue weighted by molar-refractivity contribution is 7.89. The van der Waals surface area contributed by atoms with E-state index < -0.39 is 15.9 Å². The van der Waals surface area contributed by atoms with Crippen molar-refractivity contribution in [2.24, 2.45) is 0 Å². The van der Waals surface area contributed by atoms with Gasteiger partial charge < -0.3 is 10.6 Å². The molecule has 1 atom stereocenters. The van der Waals surface area contributed by atoms with Gasteiger partial charge in [0.2, 0.25) is 15.9 Å². The third kappa shape index (κ3) is 5.38. The molecule has 0 spiro atoms. The quantitative estimate of drug-likeness (QED) is 0.751. The first-order valence-electron chi connectivity index (χ1n) is 8.37. The average Bonchev–Trinajstić information content (AvgIpc) is 2.66. The molecule has 1 unspecified atom stereocenters. The van der Waals surface area contributed by atoms with Gasteiger partial charge in [0.25, 0.3) is 5.91 Å². The van der Waals surface area contributed by atoms with Crippen molar-refractivity contribution in [1.82, 2.24) is 14.9 Å². The van der Waals surface area contributed by atoms with E-state index in [-0.39, 0.29) is 29.0 Å². The largest absolute Gasteiger partial charge is 0.348 e. The van der Waals surface area contributed by atoms with E-state index in [9.17, 15) is 18.0 Å². The molecule has 0 saturated heterocycles. The van der Waals surface area contributed by atoms with Gasteiger partial charge in [-0.1, -0.05) is 36.4 Å². The van der Waals surface area contributed by atoms with Crippen LogP contribution in [0.4, 0.5) is 0 Å². The lowest BCUT2D eigenvalue weighted by Crippen LogP contribution is -2.38. The lowest BCUT2D eigenvalue weighted by atomic mass is 10.1. The lowest BCUT2D eigenvalue weighted by molar-refractivity contribution is -0.120. The van der Waals surface area contributed by atoms with Crippen molar-refractivity contribution < 1.29 is 18.0 Å². The molecule has 2 aromatic carbocycles. The summed E-state index contributed by atoms with van der Waals surface area (Å²) in [6.45, 7) is 1.64. The van der Waals surface area contributed by atoms with Gasteiger partial charge in [0.05, 0.1) is 17.5 Å². The van der Waals surface area contributed by atoms with Gasteiger partial charge in [-0.3, -0.25) is 9.59 Å². The topological polar surface area (TPSA) is 95.6 Å². The summed E-state index contributed by atoms with van der Waals surface area (Å²) in [6.07, 6.45) is 0. The predicted octanol–water partition coefficient (Wildman–Crippen LogP) is 1.54. The number of benzene rings is 2. The summed E-state index contributed by atoms with van der Waals surface area (Å²) >= 11 is 0. The van der Waals surface area contributed by atoms with Crippen LogP contribution in [-0.2, 0) is 14.8 Å². The van der Waals surface area contributed by atoms with Crippen LogP contribution >= 0.6 is 0 Å². The van der Waals surface area contributed by atoms with Gasteiger partial charge in [0.1, 0.15) is 0 Å². The molecule has 0 aromatic heterocycles. The zero-order chi connectivity index (χ0) is 20.0. The molecule has 2 aromatic rings. The Kier molecular flexibility index (Phi) is 6.70. The van der Waals surface area contributed by atoms with E-state index in [0.29, 0.717) is 0 Å². The SMILES string of the molecule is CC(NC(=O)CNC(=O)c1cccc(S(=O)(=O)N(C)C)c1)c1ccccc1. The number of nitrogens with zero attached hydrogens (tertiary/aromatic N) is 1. The van der Waals surface area contributed by atoms with Gasteiger partial charge in [-0.2, -0.15) is 0 Å². The molecule has 0 fully saturated rings. The summed E-state index contributed by atoms with van der Waals surface area (Å²) in [6, 6.07) is 15.0. The van der Waals surface area contributed by atoms with E-state index in [1.54, 1.807) is 0 Å². The van der Waals surface area contributed by atoms with Crippen LogP contribution < -0.4 is 10.6 Å². The molecule has 0 heterocycles. The molecule has 0 radical (unpaired) electrons. The minimum atomic E-state index is -3.64. The van der Waals surface area contributed by atoms with Crippen LogP contribution in [0, 0.1) is 0 Å². The lowest BCUT2D eigenvalue weighted by Gasteiger charge is -2.15. The summed E-state index contributed by atoms with van der Waals surface area (Å²) in [4.78, 5) is 24.3. The number of carbonyl (C=O) groups is 2. The van der Waals surface area contributed by atoms with Crippen LogP contribution in [0.2, 0.25) is 0 Å². The number of carbonyl (C=O) groups excluding carboxylic acids is 2. The minimum Gasteiger partial charge on any atom is -0.348 e. The van der Waals surface area contributed by atoms with Gasteiger partial charge in [-0.15, -0.1) is 0 Å². The highest BCUT2D eigenvalue weighted by Gasteiger charge is 2.19. The number of hydrogen-bond donors (Lipinski definition) is 2. The highest BCUT2D eigenvalue weighted by atomic mass is 32.2. The fourth-order valence-electron chi connectivity index (χ4n) is 2.39. The van der Waals surface area contributed by atoms with Crippen molar-refractivity contribution in [3.8, 4) is 0 Å². The maximum absolute atomic E-state index is 12.3. The van der Waals surface area contributed by atoms with E-state index in [2.05, 4.69) is 10.6 Å². The first-order chi connectivity index (χ1) is 12.7. The summed E-state index contributed by atoms with van der Waals surface area (Å²) in [5.41, 5.74) is 1.13. The zero-order valence-electron chi connectivity index (χ0n) is 15.5. The molecule has 0 saturated carbocycles. The molecule has 0 bridgehead atoms. The van der Waals surface area contributed by atoms with Gasteiger partial charge in [-0.25, -0.2) is 12.7 Å². The predicted molar refractivity (Wildman–Crippen MR) is 103 cm³/mol. The van der Waals surface area contributed by atoms with Crippen LogP contribution in [0.3, 0.4) is 0 Å². The van der Waals surface area contributed by atoms with Gasteiger partial charge in [0, 0.05) is 19.7 Å². The van der Waals surface area contributed by atoms with E-state index >= 15 is 0 Å². The zero-order valence-corrected chi connectivity index (χ0v) is 16.3. The summed E-state index contributed by atoms with van der Waals surface area (Å²) in [5, 5.41) is 5.30. The molecule has 0 aliphatic heterocycles. The Morgan fingerprint density at radius 2 is 1.70 bits per heavy atom. The summed E-state index contributed by atoms with van der Waals surface area (Å²) in [7, 11) is -0.803. The van der Waals surface area contributed by atoms with Gasteiger partial charge >= 0.3 is 0 Å². The Morgan fingerprint density at radius 3 is 2.33 bits per heavy atom. The first-order valence-corrected chi connectivity index (χ1v) is 9.81. The molecule has 8 heteroatoms. The molecular formula is C19H23N3O4S. The third-order valence-corrected chi connectivity index (χ3v) is 5.77. The normalized spacial score (nSPS) is 12.4. The molecule has 2 rings (SSSR count). The van der Waals surface area contributed by atoms with Crippen molar-refractivity contribution in [1.29, 1.82) is 0 Å². The van der Waals surface area contributed by atoms with Crippen molar-refractivity contribution in [2.45, 2.75) is 17.9 Å². The van der Waals surface area contributed by atoms with Crippen LogP contribution in [0.1, 0.15) is 28.9 Å². The molecule has 27 heavy (non-hydrogen) atoms. The second kappa shape index (κ2) is 8.79. The molecule has 0 aliphatic rings. The maximum Gasteiger partial charge on any atom is 0.251 e. The van der Waals surface area contributed by atoms with E-state index in [0.717, 1.165) is 9.87 Å². The summed E-state index contributed by atoms with van der Waals surface area (Å²) in [5.74, 6) is -0.856. The molecule has 0 aliphatic carbocycles. The Balaban J connectivity index is 1.97. The smallest absolute Gasteiger partial charge is 0.251 e. The Hall–Kier alpha value is -2.71. The number of rotatable bonds is 7. The van der Waals surface area contributed by atoms with Crippen LogP contribution in [0.5, 0.6) is 0 Å². The van der Waals surface area contributed by atoms with Crippen molar-refractivity contribution >= 4 is 21.8 Å². The second-order valence-corrected chi connectivity index (χ2v) is 8.35. The fraction of sp³-hybridized carbons (Fsp3) is 0.263. The minimum absolute atomic E-state index is 0.0160. The Labute approximate surface area is 159 Å². The van der Waals surface area contributed by atoms with E-state index in [4.69, 9.17) is 0 Å². The first kappa shape index (κ1) is 20.6. The third-order valence-electron chi connectivity index (χ3n) is 3.96. The molecule has 2 amide bonds. The maximum atomic E-state index is 12.3. The number of nitrogens with one attached hydrogen (secondary N) is 2. The summed E-state index contributed by atoms with van der Waals surface area (Å²) < 4.78 is 25.4. The van der Waals surface area contributed by atoms with Crippen molar-refractivity contribution in [2.75, 3.05) is 20.6 Å². The Bertz CT molecular complexity index is 912. The van der Waals surface area contributed by atoms with Crippen LogP contribution in [0.25, 0.3) is 0 Å². The standard InChI is InChI=1S/C19H23N3O4S/c1-14(15-8-5-4-6-9-15)21-18(23)13-20-19(24)16-10-7-11-17(12-16)27(25,26)22(2)3/h4-12,14H,13H2,1-3H3,(H,20,24)(H,21,23). The fourth-order valence-corrected chi connectivity index (χ4v) is 3.34.